The molecule has 4 heteroatoms. The molecule has 0 N–H and O–H groups in total. The second-order valence-electron chi connectivity index (χ2n) is 6.02. The molecule has 4 nitrogen and oxygen atoms in total. The lowest BCUT2D eigenvalue weighted by Crippen LogP contribution is -2.24. The van der Waals surface area contributed by atoms with Crippen molar-refractivity contribution in [3.63, 3.8) is 0 Å². The maximum atomic E-state index is 13.4. The van der Waals surface area contributed by atoms with Crippen LogP contribution in [0.1, 0.15) is 24.0 Å². The van der Waals surface area contributed by atoms with E-state index in [9.17, 15) is 4.79 Å². The second-order valence-corrected chi connectivity index (χ2v) is 6.02. The van der Waals surface area contributed by atoms with E-state index in [0.717, 1.165) is 11.5 Å². The largest absolute Gasteiger partial charge is 0.268 e. The molecule has 0 saturated carbocycles. The van der Waals surface area contributed by atoms with Crippen LogP contribution in [0.25, 0.3) is 16.6 Å². The maximum Gasteiger partial charge on any atom is 0.267 e. The number of hydrogen-bond donors (Lipinski definition) is 0. The standard InChI is InChI=1S/C23H17N3O/c1-2-21-25-20-13-8-9-17(14-15-18-10-6-7-16-24-18)22(20)23(27)26(21)19-11-4-3-5-12-19/h3-13,16H,2H2,1H3. The molecule has 4 rings (SSSR count). The third-order valence-corrected chi connectivity index (χ3v) is 4.29. The third-order valence-electron chi connectivity index (χ3n) is 4.29. The number of aromatic nitrogens is 3. The van der Waals surface area contributed by atoms with Crippen molar-refractivity contribution in [2.24, 2.45) is 0 Å². The molecule has 0 bridgehead atoms. The van der Waals surface area contributed by atoms with Crippen LogP contribution in [0.5, 0.6) is 0 Å². The molecule has 4 aromatic rings. The highest BCUT2D eigenvalue weighted by atomic mass is 16.1. The van der Waals surface area contributed by atoms with Gasteiger partial charge in [-0.15, -0.1) is 0 Å². The zero-order valence-electron chi connectivity index (χ0n) is 14.9. The summed E-state index contributed by atoms with van der Waals surface area (Å²) in [4.78, 5) is 22.3. The van der Waals surface area contributed by atoms with Gasteiger partial charge in [0.15, 0.2) is 0 Å². The Morgan fingerprint density at radius 2 is 1.74 bits per heavy atom. The monoisotopic (exact) mass is 351 g/mol. The van der Waals surface area contributed by atoms with Crippen molar-refractivity contribution in [2.45, 2.75) is 13.3 Å². The molecule has 27 heavy (non-hydrogen) atoms. The van der Waals surface area contributed by atoms with Crippen LogP contribution in [0.15, 0.2) is 77.7 Å². The van der Waals surface area contributed by atoms with E-state index in [4.69, 9.17) is 4.98 Å². The quantitative estimate of drug-likeness (QED) is 0.517. The first-order chi connectivity index (χ1) is 13.3. The maximum absolute atomic E-state index is 13.4. The van der Waals surface area contributed by atoms with Crippen molar-refractivity contribution < 1.29 is 0 Å². The highest BCUT2D eigenvalue weighted by Crippen LogP contribution is 2.16. The van der Waals surface area contributed by atoms with Crippen LogP contribution in [-0.2, 0) is 6.42 Å². The van der Waals surface area contributed by atoms with E-state index in [1.807, 2.05) is 73.7 Å². The van der Waals surface area contributed by atoms with Gasteiger partial charge in [-0.1, -0.05) is 43.2 Å². The first kappa shape index (κ1) is 16.7. The van der Waals surface area contributed by atoms with Gasteiger partial charge in [0, 0.05) is 18.2 Å². The van der Waals surface area contributed by atoms with Crippen LogP contribution in [0, 0.1) is 11.8 Å². The summed E-state index contributed by atoms with van der Waals surface area (Å²) in [5.41, 5.74) is 2.69. The van der Waals surface area contributed by atoms with Gasteiger partial charge in [0.2, 0.25) is 0 Å². The number of nitrogens with zero attached hydrogens (tertiary/aromatic N) is 3. The molecule has 2 heterocycles. The van der Waals surface area contributed by atoms with Crippen LogP contribution in [0.2, 0.25) is 0 Å². The highest BCUT2D eigenvalue weighted by molar-refractivity contribution is 5.84. The molecule has 0 aliphatic rings. The van der Waals surface area contributed by atoms with Gasteiger partial charge in [-0.3, -0.25) is 9.36 Å². The van der Waals surface area contributed by atoms with Gasteiger partial charge in [-0.25, -0.2) is 9.97 Å². The van der Waals surface area contributed by atoms with Crippen LogP contribution in [0.4, 0.5) is 0 Å². The van der Waals surface area contributed by atoms with Crippen molar-refractivity contribution in [3.8, 4) is 17.5 Å². The van der Waals surface area contributed by atoms with Crippen LogP contribution >= 0.6 is 0 Å². The van der Waals surface area contributed by atoms with Crippen molar-refractivity contribution >= 4 is 10.9 Å². The summed E-state index contributed by atoms with van der Waals surface area (Å²) >= 11 is 0. The fraction of sp³-hybridized carbons (Fsp3) is 0.0870. The lowest BCUT2D eigenvalue weighted by molar-refractivity contribution is 0.833. The van der Waals surface area contributed by atoms with Gasteiger partial charge in [0.1, 0.15) is 11.5 Å². The Bertz CT molecular complexity index is 1220. The molecule has 0 aliphatic heterocycles. The molecule has 0 spiro atoms. The van der Waals surface area contributed by atoms with E-state index in [1.165, 1.54) is 0 Å². The van der Waals surface area contributed by atoms with Crippen molar-refractivity contribution in [1.29, 1.82) is 0 Å². The van der Waals surface area contributed by atoms with Crippen LogP contribution in [-0.4, -0.2) is 14.5 Å². The van der Waals surface area contributed by atoms with Crippen molar-refractivity contribution in [2.75, 3.05) is 0 Å². The number of aryl methyl sites for hydroxylation is 1. The summed E-state index contributed by atoms with van der Waals surface area (Å²) in [5, 5.41) is 0.530. The third kappa shape index (κ3) is 3.23. The normalized spacial score (nSPS) is 10.4. The molecule has 0 amide bonds. The molecule has 0 aliphatic carbocycles. The van der Waals surface area contributed by atoms with E-state index in [1.54, 1.807) is 10.8 Å². The summed E-state index contributed by atoms with van der Waals surface area (Å²) < 4.78 is 1.67. The second kappa shape index (κ2) is 7.27. The summed E-state index contributed by atoms with van der Waals surface area (Å²) in [7, 11) is 0. The number of fused-ring (bicyclic) bond motifs is 1. The van der Waals surface area contributed by atoms with Gasteiger partial charge in [-0.2, -0.15) is 0 Å². The van der Waals surface area contributed by atoms with Gasteiger partial charge in [0.25, 0.3) is 5.56 Å². The Morgan fingerprint density at radius 1 is 0.926 bits per heavy atom. The number of pyridine rings is 1. The van der Waals surface area contributed by atoms with Gasteiger partial charge >= 0.3 is 0 Å². The van der Waals surface area contributed by atoms with Crippen LogP contribution < -0.4 is 5.56 Å². The van der Waals surface area contributed by atoms with E-state index < -0.39 is 0 Å². The van der Waals surface area contributed by atoms with Crippen LogP contribution in [0.3, 0.4) is 0 Å². The Morgan fingerprint density at radius 3 is 2.48 bits per heavy atom. The molecule has 0 atom stereocenters. The molecule has 130 valence electrons. The predicted molar refractivity (Wildman–Crippen MR) is 107 cm³/mol. The van der Waals surface area contributed by atoms with E-state index >= 15 is 0 Å². The first-order valence-electron chi connectivity index (χ1n) is 8.81. The zero-order chi connectivity index (χ0) is 18.6. The Hall–Kier alpha value is -3.71. The fourth-order valence-corrected chi connectivity index (χ4v) is 3.03. The van der Waals surface area contributed by atoms with Gasteiger partial charge in [0.05, 0.1) is 16.6 Å². The highest BCUT2D eigenvalue weighted by Gasteiger charge is 2.13. The van der Waals surface area contributed by atoms with Gasteiger partial charge in [-0.05, 0) is 42.3 Å². The SMILES string of the molecule is CCc1nc2cccc(C#Cc3ccccn3)c2c(=O)n1-c1ccccc1. The molecular weight excluding hydrogens is 334 g/mol. The van der Waals surface area contributed by atoms with E-state index in [0.29, 0.717) is 28.6 Å². The Kier molecular flexibility index (Phi) is 4.51. The molecular formula is C23H17N3O. The Balaban J connectivity index is 1.98. The summed E-state index contributed by atoms with van der Waals surface area (Å²) in [5.74, 6) is 6.86. The topological polar surface area (TPSA) is 47.8 Å². The number of hydrogen-bond acceptors (Lipinski definition) is 3. The fourth-order valence-electron chi connectivity index (χ4n) is 3.03. The molecule has 0 unspecified atom stereocenters. The predicted octanol–water partition coefficient (Wildman–Crippen LogP) is 3.74. The lowest BCUT2D eigenvalue weighted by Gasteiger charge is -2.13. The molecule has 0 saturated heterocycles. The smallest absolute Gasteiger partial charge is 0.267 e. The molecule has 2 aromatic carbocycles. The first-order valence-corrected chi connectivity index (χ1v) is 8.81. The minimum atomic E-state index is -0.103. The molecule has 0 fully saturated rings. The average Bonchev–Trinajstić information content (AvgIpc) is 2.73. The average molecular weight is 351 g/mol. The number of benzene rings is 2. The minimum Gasteiger partial charge on any atom is -0.268 e. The van der Waals surface area contributed by atoms with Crippen molar-refractivity contribution in [1.82, 2.24) is 14.5 Å². The minimum absolute atomic E-state index is 0.103. The Labute approximate surface area is 157 Å². The lowest BCUT2D eigenvalue weighted by atomic mass is 10.1. The van der Waals surface area contributed by atoms with Gasteiger partial charge < -0.3 is 0 Å². The van der Waals surface area contributed by atoms with E-state index in [2.05, 4.69) is 16.8 Å². The zero-order valence-corrected chi connectivity index (χ0v) is 14.9. The van der Waals surface area contributed by atoms with Crippen molar-refractivity contribution in [3.05, 3.63) is 100 Å². The molecule has 0 radical (unpaired) electrons. The van der Waals surface area contributed by atoms with E-state index in [-0.39, 0.29) is 5.56 Å². The summed E-state index contributed by atoms with van der Waals surface area (Å²) in [6.45, 7) is 2.00. The molecule has 2 aromatic heterocycles. The number of para-hydroxylation sites is 1. The number of rotatable bonds is 2. The summed E-state index contributed by atoms with van der Waals surface area (Å²) in [6.07, 6.45) is 2.36. The summed E-state index contributed by atoms with van der Waals surface area (Å²) in [6, 6.07) is 20.7.